The third-order valence-corrected chi connectivity index (χ3v) is 2.73. The summed E-state index contributed by atoms with van der Waals surface area (Å²) in [6.45, 7) is 1.15. The second kappa shape index (κ2) is 4.52. The van der Waals surface area contributed by atoms with Gasteiger partial charge in [-0.15, -0.1) is 0 Å². The zero-order chi connectivity index (χ0) is 14.2. The first-order valence-corrected chi connectivity index (χ1v) is 5.32. The Kier molecular flexibility index (Phi) is 3.04. The molecule has 0 radical (unpaired) electrons. The predicted octanol–water partition coefficient (Wildman–Crippen LogP) is 1.59. The van der Waals surface area contributed by atoms with Crippen molar-refractivity contribution in [2.75, 3.05) is 0 Å². The Hall–Kier alpha value is -2.70. The van der Waals surface area contributed by atoms with Crippen LogP contribution in [0.1, 0.15) is 18.6 Å². The van der Waals surface area contributed by atoms with Crippen molar-refractivity contribution in [2.45, 2.75) is 13.0 Å². The molecule has 98 valence electrons. The van der Waals surface area contributed by atoms with Crippen LogP contribution < -0.4 is 0 Å². The lowest BCUT2D eigenvalue weighted by Gasteiger charge is -2.12. The van der Waals surface area contributed by atoms with Crippen LogP contribution in [0.2, 0.25) is 0 Å². The molecule has 0 saturated heterocycles. The second-order valence-corrected chi connectivity index (χ2v) is 3.92. The summed E-state index contributed by atoms with van der Waals surface area (Å²) in [5.41, 5.74) is -0.497. The molecule has 0 aromatic heterocycles. The summed E-state index contributed by atoms with van der Waals surface area (Å²) in [4.78, 5) is 33.0. The predicted molar refractivity (Wildman–Crippen MR) is 62.3 cm³/mol. The molecule has 1 N–H and O–H groups in total. The first-order valence-electron chi connectivity index (χ1n) is 5.32. The molecule has 19 heavy (non-hydrogen) atoms. The Balaban J connectivity index is 2.58. The van der Waals surface area contributed by atoms with E-state index < -0.39 is 28.5 Å². The topological polar surface area (TPSA) is 107 Å². The van der Waals surface area contributed by atoms with Crippen molar-refractivity contribution < 1.29 is 24.4 Å². The van der Waals surface area contributed by atoms with Gasteiger partial charge in [-0.05, 0) is 13.0 Å². The van der Waals surface area contributed by atoms with E-state index in [0.29, 0.717) is 0 Å². The van der Waals surface area contributed by atoms with Gasteiger partial charge in [0.2, 0.25) is 5.76 Å². The number of carbonyl (C=O) groups is 2. The quantitative estimate of drug-likeness (QED) is 0.504. The number of nitrogens with zero attached hydrogens (tertiary/aromatic N) is 1. The Bertz CT molecular complexity index is 618. The summed E-state index contributed by atoms with van der Waals surface area (Å²) >= 11 is 0. The van der Waals surface area contributed by atoms with Gasteiger partial charge in [0.05, 0.1) is 16.1 Å². The van der Waals surface area contributed by atoms with Crippen LogP contribution in [0.5, 0.6) is 0 Å². The minimum Gasteiger partial charge on any atom is -0.501 e. The lowest BCUT2D eigenvalue weighted by Crippen LogP contribution is -2.10. The van der Waals surface area contributed by atoms with Crippen molar-refractivity contribution >= 4 is 17.4 Å². The number of aliphatic hydroxyl groups excluding tert-OH is 1. The van der Waals surface area contributed by atoms with Crippen LogP contribution in [0.3, 0.4) is 0 Å². The Morgan fingerprint density at radius 2 is 2.05 bits per heavy atom. The zero-order valence-corrected chi connectivity index (χ0v) is 9.82. The van der Waals surface area contributed by atoms with Crippen molar-refractivity contribution in [3.05, 3.63) is 51.3 Å². The smallest absolute Gasteiger partial charge is 0.374 e. The molecule has 2 rings (SSSR count). The maximum absolute atomic E-state index is 11.4. The fourth-order valence-electron chi connectivity index (χ4n) is 1.90. The van der Waals surface area contributed by atoms with Crippen LogP contribution in [0.25, 0.3) is 0 Å². The molecule has 1 heterocycles. The summed E-state index contributed by atoms with van der Waals surface area (Å²) in [6.07, 6.45) is -1.24. The van der Waals surface area contributed by atoms with Crippen molar-refractivity contribution in [3.63, 3.8) is 0 Å². The van der Waals surface area contributed by atoms with Crippen molar-refractivity contribution in [3.8, 4) is 0 Å². The SMILES string of the molecule is CC(=O)C1=C(O)C(=O)OC1c1ccccc1[N+](=O)[O-]. The number of nitro groups is 1. The third kappa shape index (κ3) is 2.05. The highest BCUT2D eigenvalue weighted by Crippen LogP contribution is 2.38. The number of esters is 1. The van der Waals surface area contributed by atoms with Gasteiger partial charge < -0.3 is 9.84 Å². The molecule has 1 aromatic rings. The number of nitro benzene ring substituents is 1. The maximum Gasteiger partial charge on any atom is 0.374 e. The van der Waals surface area contributed by atoms with Crippen LogP contribution in [0.4, 0.5) is 5.69 Å². The molecule has 0 fully saturated rings. The standard InChI is InChI=1S/C12H9NO6/c1-6(14)9-10(15)12(16)19-11(9)7-4-2-3-5-8(7)13(17)18/h2-5,11,15H,1H3. The van der Waals surface area contributed by atoms with Crippen molar-refractivity contribution in [1.29, 1.82) is 0 Å². The van der Waals surface area contributed by atoms with E-state index in [-0.39, 0.29) is 16.8 Å². The fraction of sp³-hybridized carbons (Fsp3) is 0.167. The van der Waals surface area contributed by atoms with Gasteiger partial charge in [-0.25, -0.2) is 4.79 Å². The molecule has 0 aliphatic carbocycles. The second-order valence-electron chi connectivity index (χ2n) is 3.92. The summed E-state index contributed by atoms with van der Waals surface area (Å²) < 4.78 is 4.84. The molecule has 1 unspecified atom stereocenters. The average Bonchev–Trinajstić information content (AvgIpc) is 2.65. The summed E-state index contributed by atoms with van der Waals surface area (Å²) in [7, 11) is 0. The molecule has 7 heteroatoms. The maximum atomic E-state index is 11.4. The number of aliphatic hydroxyl groups is 1. The van der Waals surface area contributed by atoms with Gasteiger partial charge in [0.25, 0.3) is 5.69 Å². The largest absolute Gasteiger partial charge is 0.501 e. The highest BCUT2D eigenvalue weighted by Gasteiger charge is 2.40. The number of carbonyl (C=O) groups excluding carboxylic acids is 2. The van der Waals surface area contributed by atoms with E-state index in [4.69, 9.17) is 4.74 Å². The third-order valence-electron chi connectivity index (χ3n) is 2.73. The highest BCUT2D eigenvalue weighted by atomic mass is 16.6. The van der Waals surface area contributed by atoms with E-state index >= 15 is 0 Å². The van der Waals surface area contributed by atoms with Gasteiger partial charge in [-0.1, -0.05) is 12.1 Å². The van der Waals surface area contributed by atoms with Gasteiger partial charge >= 0.3 is 5.97 Å². The molecule has 1 atom stereocenters. The van der Waals surface area contributed by atoms with Gasteiger partial charge in [0, 0.05) is 6.07 Å². The number of Topliss-reactive ketones (excluding diaryl/α,β-unsaturated/α-hetero) is 1. The number of benzene rings is 1. The van der Waals surface area contributed by atoms with E-state index in [1.165, 1.54) is 24.3 Å². The molecule has 1 aliphatic heterocycles. The fourth-order valence-corrected chi connectivity index (χ4v) is 1.90. The molecular weight excluding hydrogens is 254 g/mol. The first-order chi connectivity index (χ1) is 8.93. The van der Waals surface area contributed by atoms with Crippen LogP contribution in [-0.2, 0) is 14.3 Å². The number of hydrogen-bond donors (Lipinski definition) is 1. The van der Waals surface area contributed by atoms with E-state index in [2.05, 4.69) is 0 Å². The zero-order valence-electron chi connectivity index (χ0n) is 9.82. The minimum absolute atomic E-state index is 0.0510. The summed E-state index contributed by atoms with van der Waals surface area (Å²) in [5, 5.41) is 20.4. The monoisotopic (exact) mass is 263 g/mol. The first kappa shape index (κ1) is 12.7. The van der Waals surface area contributed by atoms with Gasteiger partial charge in [-0.3, -0.25) is 14.9 Å². The molecular formula is C12H9NO6. The van der Waals surface area contributed by atoms with Gasteiger partial charge in [0.1, 0.15) is 0 Å². The summed E-state index contributed by atoms with van der Waals surface area (Å²) in [5.74, 6) is -2.43. The van der Waals surface area contributed by atoms with E-state index in [1.807, 2.05) is 0 Å². The van der Waals surface area contributed by atoms with Gasteiger partial charge in [0.15, 0.2) is 11.9 Å². The lowest BCUT2D eigenvalue weighted by atomic mass is 9.98. The normalized spacial score (nSPS) is 18.4. The molecule has 1 aliphatic rings. The Morgan fingerprint density at radius 3 is 2.63 bits per heavy atom. The number of cyclic esters (lactones) is 1. The number of para-hydroxylation sites is 1. The number of hydrogen-bond acceptors (Lipinski definition) is 6. The van der Waals surface area contributed by atoms with E-state index in [1.54, 1.807) is 0 Å². The molecule has 0 spiro atoms. The van der Waals surface area contributed by atoms with Crippen LogP contribution in [0, 0.1) is 10.1 Å². The van der Waals surface area contributed by atoms with Crippen molar-refractivity contribution in [2.24, 2.45) is 0 Å². The molecule has 0 saturated carbocycles. The highest BCUT2D eigenvalue weighted by molar-refractivity contribution is 6.05. The number of ketones is 1. The van der Waals surface area contributed by atoms with E-state index in [0.717, 1.165) is 6.92 Å². The summed E-state index contributed by atoms with van der Waals surface area (Å²) in [6, 6.07) is 5.58. The van der Waals surface area contributed by atoms with E-state index in [9.17, 15) is 24.8 Å². The Morgan fingerprint density at radius 1 is 1.42 bits per heavy atom. The van der Waals surface area contributed by atoms with Crippen LogP contribution >= 0.6 is 0 Å². The average molecular weight is 263 g/mol. The van der Waals surface area contributed by atoms with Crippen LogP contribution in [0.15, 0.2) is 35.6 Å². The number of ether oxygens (including phenoxy) is 1. The molecule has 7 nitrogen and oxygen atoms in total. The Labute approximate surface area is 107 Å². The number of rotatable bonds is 3. The van der Waals surface area contributed by atoms with Crippen molar-refractivity contribution in [1.82, 2.24) is 0 Å². The minimum atomic E-state index is -1.24. The molecule has 1 aromatic carbocycles. The van der Waals surface area contributed by atoms with Gasteiger partial charge in [-0.2, -0.15) is 0 Å². The van der Waals surface area contributed by atoms with Crippen LogP contribution in [-0.4, -0.2) is 21.8 Å². The molecule has 0 amide bonds. The lowest BCUT2D eigenvalue weighted by molar-refractivity contribution is -0.386. The molecule has 0 bridgehead atoms.